The van der Waals surface area contributed by atoms with Crippen LogP contribution in [0.3, 0.4) is 0 Å². The van der Waals surface area contributed by atoms with Crippen LogP contribution >= 0.6 is 0 Å². The maximum absolute atomic E-state index is 13.6. The fourth-order valence-electron chi connectivity index (χ4n) is 4.34. The zero-order valence-electron chi connectivity index (χ0n) is 18.3. The van der Waals surface area contributed by atoms with E-state index in [4.69, 9.17) is 10.1 Å². The Hall–Kier alpha value is -4.57. The second-order valence-electron chi connectivity index (χ2n) is 8.10. The average molecular weight is 442 g/mol. The van der Waals surface area contributed by atoms with Crippen molar-refractivity contribution in [2.45, 2.75) is 0 Å². The standard InChI is InChI=1S/C30H20FN3/c31-23-17-15-22(16-18-23)28-19-29(34(33-28)24-11-5-2-6-12-24)30-25-13-7-8-14-27(25)32-20-26(30)21-9-3-1-4-10-21/h1-20H. The zero-order chi connectivity index (χ0) is 22.9. The Kier molecular flexibility index (Phi) is 4.96. The summed E-state index contributed by atoms with van der Waals surface area (Å²) in [6, 6.07) is 37.0. The third-order valence-corrected chi connectivity index (χ3v) is 5.97. The first-order valence-electron chi connectivity index (χ1n) is 11.1. The molecule has 34 heavy (non-hydrogen) atoms. The van der Waals surface area contributed by atoms with Crippen LogP contribution < -0.4 is 0 Å². The van der Waals surface area contributed by atoms with E-state index < -0.39 is 0 Å². The third kappa shape index (κ3) is 3.55. The molecule has 0 N–H and O–H groups in total. The van der Waals surface area contributed by atoms with E-state index >= 15 is 0 Å². The van der Waals surface area contributed by atoms with Crippen molar-refractivity contribution in [3.8, 4) is 39.3 Å². The van der Waals surface area contributed by atoms with Gasteiger partial charge in [0.25, 0.3) is 0 Å². The van der Waals surface area contributed by atoms with Crippen molar-refractivity contribution in [1.29, 1.82) is 0 Å². The highest BCUT2D eigenvalue weighted by atomic mass is 19.1. The largest absolute Gasteiger partial charge is 0.256 e. The fraction of sp³-hybridized carbons (Fsp3) is 0. The van der Waals surface area contributed by atoms with Gasteiger partial charge in [-0.15, -0.1) is 0 Å². The number of halogens is 1. The fourth-order valence-corrected chi connectivity index (χ4v) is 4.34. The molecule has 0 spiro atoms. The van der Waals surface area contributed by atoms with Crippen LogP contribution in [0.15, 0.2) is 121 Å². The van der Waals surface area contributed by atoms with Crippen molar-refractivity contribution in [3.63, 3.8) is 0 Å². The molecule has 0 atom stereocenters. The van der Waals surface area contributed by atoms with Crippen LogP contribution in [0.5, 0.6) is 0 Å². The lowest BCUT2D eigenvalue weighted by Gasteiger charge is -2.15. The van der Waals surface area contributed by atoms with E-state index in [1.807, 2.05) is 77.6 Å². The summed E-state index contributed by atoms with van der Waals surface area (Å²) in [6.07, 6.45) is 1.94. The Balaban J connectivity index is 1.69. The smallest absolute Gasteiger partial charge is 0.123 e. The SMILES string of the molecule is Fc1ccc(-c2cc(-c3c(-c4ccccc4)cnc4ccccc34)n(-c3ccccc3)n2)cc1. The number of hydrogen-bond acceptors (Lipinski definition) is 2. The lowest BCUT2D eigenvalue weighted by Crippen LogP contribution is -2.01. The molecule has 0 fully saturated rings. The van der Waals surface area contributed by atoms with Gasteiger partial charge in [-0.1, -0.05) is 66.7 Å². The van der Waals surface area contributed by atoms with Crippen LogP contribution in [0, 0.1) is 5.82 Å². The molecule has 6 aromatic rings. The Morgan fingerprint density at radius 3 is 2.09 bits per heavy atom. The Morgan fingerprint density at radius 2 is 1.32 bits per heavy atom. The van der Waals surface area contributed by atoms with Gasteiger partial charge in [-0.25, -0.2) is 9.07 Å². The van der Waals surface area contributed by atoms with Crippen molar-refractivity contribution in [2.75, 3.05) is 0 Å². The molecule has 0 aliphatic rings. The summed E-state index contributed by atoms with van der Waals surface area (Å²) < 4.78 is 15.6. The quantitative estimate of drug-likeness (QED) is 0.283. The Bertz CT molecular complexity index is 1590. The molecule has 162 valence electrons. The van der Waals surface area contributed by atoms with E-state index in [2.05, 4.69) is 24.3 Å². The van der Waals surface area contributed by atoms with Crippen LogP contribution in [0.2, 0.25) is 0 Å². The lowest BCUT2D eigenvalue weighted by molar-refractivity contribution is 0.628. The Morgan fingerprint density at radius 1 is 0.647 bits per heavy atom. The number of aromatic nitrogens is 3. The minimum Gasteiger partial charge on any atom is -0.256 e. The summed E-state index contributed by atoms with van der Waals surface area (Å²) in [5, 5.41) is 6.02. The maximum atomic E-state index is 13.6. The lowest BCUT2D eigenvalue weighted by atomic mass is 9.95. The predicted molar refractivity (Wildman–Crippen MR) is 135 cm³/mol. The second kappa shape index (κ2) is 8.41. The van der Waals surface area contributed by atoms with Gasteiger partial charge in [0, 0.05) is 28.3 Å². The van der Waals surface area contributed by atoms with E-state index in [1.54, 1.807) is 12.1 Å². The zero-order valence-corrected chi connectivity index (χ0v) is 18.3. The molecule has 4 aromatic carbocycles. The second-order valence-corrected chi connectivity index (χ2v) is 8.10. The number of fused-ring (bicyclic) bond motifs is 1. The van der Waals surface area contributed by atoms with Gasteiger partial charge in [-0.05, 0) is 54.1 Å². The van der Waals surface area contributed by atoms with Crippen molar-refractivity contribution in [3.05, 3.63) is 127 Å². The first kappa shape index (κ1) is 20.1. The highest BCUT2D eigenvalue weighted by Gasteiger charge is 2.20. The first-order chi connectivity index (χ1) is 16.8. The van der Waals surface area contributed by atoms with Gasteiger partial charge in [0.2, 0.25) is 0 Å². The Labute approximate surface area is 196 Å². The molecule has 2 aromatic heterocycles. The molecule has 0 unspecified atom stereocenters. The number of pyridine rings is 1. The highest BCUT2D eigenvalue weighted by molar-refractivity contribution is 6.02. The number of hydrogen-bond donors (Lipinski definition) is 0. The molecule has 4 heteroatoms. The van der Waals surface area contributed by atoms with Gasteiger partial charge in [0.1, 0.15) is 5.82 Å². The van der Waals surface area contributed by atoms with Crippen molar-refractivity contribution < 1.29 is 4.39 Å². The molecular formula is C30H20FN3. The molecule has 6 rings (SSSR count). The maximum Gasteiger partial charge on any atom is 0.123 e. The molecule has 0 saturated carbocycles. The van der Waals surface area contributed by atoms with Gasteiger partial charge >= 0.3 is 0 Å². The van der Waals surface area contributed by atoms with Crippen LogP contribution in [-0.2, 0) is 0 Å². The van der Waals surface area contributed by atoms with Crippen LogP contribution in [0.1, 0.15) is 0 Å². The summed E-state index contributed by atoms with van der Waals surface area (Å²) in [5.74, 6) is -0.266. The third-order valence-electron chi connectivity index (χ3n) is 5.97. The molecule has 2 heterocycles. The van der Waals surface area contributed by atoms with Crippen LogP contribution in [0.4, 0.5) is 4.39 Å². The topological polar surface area (TPSA) is 30.7 Å². The van der Waals surface area contributed by atoms with E-state index in [-0.39, 0.29) is 5.82 Å². The number of benzene rings is 4. The van der Waals surface area contributed by atoms with E-state index in [0.717, 1.165) is 50.2 Å². The monoisotopic (exact) mass is 441 g/mol. The number of para-hydroxylation sites is 2. The predicted octanol–water partition coefficient (Wildman–Crippen LogP) is 7.56. The molecule has 0 saturated heterocycles. The van der Waals surface area contributed by atoms with Crippen LogP contribution in [-0.4, -0.2) is 14.8 Å². The van der Waals surface area contributed by atoms with Gasteiger partial charge in [-0.3, -0.25) is 4.98 Å². The molecule has 0 amide bonds. The number of nitrogens with zero attached hydrogens (tertiary/aromatic N) is 3. The molecule has 0 aliphatic heterocycles. The summed E-state index contributed by atoms with van der Waals surface area (Å²) in [5.41, 5.74) is 7.62. The summed E-state index contributed by atoms with van der Waals surface area (Å²) in [7, 11) is 0. The van der Waals surface area contributed by atoms with E-state index in [0.29, 0.717) is 0 Å². The van der Waals surface area contributed by atoms with Gasteiger partial charge < -0.3 is 0 Å². The van der Waals surface area contributed by atoms with Crippen molar-refractivity contribution in [2.24, 2.45) is 0 Å². The highest BCUT2D eigenvalue weighted by Crippen LogP contribution is 2.39. The summed E-state index contributed by atoms with van der Waals surface area (Å²) in [6.45, 7) is 0. The van der Waals surface area contributed by atoms with Crippen molar-refractivity contribution in [1.82, 2.24) is 14.8 Å². The number of rotatable bonds is 4. The summed E-state index contributed by atoms with van der Waals surface area (Å²) >= 11 is 0. The molecule has 0 aliphatic carbocycles. The molecule has 3 nitrogen and oxygen atoms in total. The first-order valence-corrected chi connectivity index (χ1v) is 11.1. The summed E-state index contributed by atoms with van der Waals surface area (Å²) in [4.78, 5) is 4.75. The van der Waals surface area contributed by atoms with Gasteiger partial charge in [0.05, 0.1) is 22.6 Å². The van der Waals surface area contributed by atoms with Gasteiger partial charge in [-0.2, -0.15) is 5.10 Å². The molecule has 0 radical (unpaired) electrons. The van der Waals surface area contributed by atoms with Crippen molar-refractivity contribution >= 4 is 10.9 Å². The minimum atomic E-state index is -0.266. The van der Waals surface area contributed by atoms with E-state index in [9.17, 15) is 4.39 Å². The van der Waals surface area contributed by atoms with E-state index in [1.165, 1.54) is 12.1 Å². The molecular weight excluding hydrogens is 421 g/mol. The minimum absolute atomic E-state index is 0.266. The molecule has 0 bridgehead atoms. The van der Waals surface area contributed by atoms with Crippen LogP contribution in [0.25, 0.3) is 50.2 Å². The average Bonchev–Trinajstić information content (AvgIpc) is 3.34. The van der Waals surface area contributed by atoms with Gasteiger partial charge in [0.15, 0.2) is 0 Å². The normalized spacial score (nSPS) is 11.1.